The molecule has 8 heteroatoms. The standard InChI is InChI=1S/C26H28N4O3S/c1-18(31)29-20-10-14-22(15-11-20)34(32,33)28-17-24(19-8-12-21(13-9-19)30(2)3)25-16-27-26-7-5-4-6-23(25)26/h4-16,24,27-28H,17H2,1-3H3,(H,29,31). The second kappa shape index (κ2) is 9.70. The van der Waals surface area contributed by atoms with E-state index >= 15 is 0 Å². The number of para-hydroxylation sites is 1. The van der Waals surface area contributed by atoms with Gasteiger partial charge in [0.15, 0.2) is 0 Å². The van der Waals surface area contributed by atoms with Crippen molar-refractivity contribution in [2.45, 2.75) is 17.7 Å². The molecule has 176 valence electrons. The van der Waals surface area contributed by atoms with Gasteiger partial charge in [-0.15, -0.1) is 0 Å². The lowest BCUT2D eigenvalue weighted by Gasteiger charge is -2.20. The molecule has 7 nitrogen and oxygen atoms in total. The molecule has 0 fully saturated rings. The van der Waals surface area contributed by atoms with Crippen molar-refractivity contribution in [3.05, 3.63) is 90.1 Å². The minimum atomic E-state index is -3.76. The van der Waals surface area contributed by atoms with Crippen LogP contribution in [0.1, 0.15) is 24.0 Å². The number of nitrogens with zero attached hydrogens (tertiary/aromatic N) is 1. The third kappa shape index (κ3) is 5.13. The first-order valence-corrected chi connectivity index (χ1v) is 12.4. The molecule has 3 N–H and O–H groups in total. The fraction of sp³-hybridized carbons (Fsp3) is 0.192. The summed E-state index contributed by atoms with van der Waals surface area (Å²) in [5, 5.41) is 3.70. The summed E-state index contributed by atoms with van der Waals surface area (Å²) in [5.41, 5.74) is 4.66. The normalized spacial score (nSPS) is 12.4. The number of rotatable bonds is 8. The summed E-state index contributed by atoms with van der Waals surface area (Å²) < 4.78 is 28.9. The van der Waals surface area contributed by atoms with Gasteiger partial charge >= 0.3 is 0 Å². The number of hydrogen-bond acceptors (Lipinski definition) is 4. The summed E-state index contributed by atoms with van der Waals surface area (Å²) in [5.74, 6) is -0.406. The molecule has 4 rings (SSSR count). The van der Waals surface area contributed by atoms with Gasteiger partial charge in [-0.3, -0.25) is 4.79 Å². The predicted molar refractivity (Wildman–Crippen MR) is 137 cm³/mol. The number of carbonyl (C=O) groups excluding carboxylic acids is 1. The molecule has 1 unspecified atom stereocenters. The van der Waals surface area contributed by atoms with Crippen molar-refractivity contribution in [2.24, 2.45) is 0 Å². The number of amides is 1. The van der Waals surface area contributed by atoms with Crippen LogP contribution in [-0.4, -0.2) is 39.9 Å². The molecule has 0 radical (unpaired) electrons. The van der Waals surface area contributed by atoms with Gasteiger partial charge < -0.3 is 15.2 Å². The summed E-state index contributed by atoms with van der Waals surface area (Å²) in [7, 11) is 0.212. The van der Waals surface area contributed by atoms with E-state index in [4.69, 9.17) is 0 Å². The maximum atomic E-state index is 13.1. The van der Waals surface area contributed by atoms with Crippen LogP contribution in [0.25, 0.3) is 10.9 Å². The first-order chi connectivity index (χ1) is 16.2. The Balaban J connectivity index is 1.64. The Hall–Kier alpha value is -3.62. The van der Waals surface area contributed by atoms with Gasteiger partial charge in [0.2, 0.25) is 15.9 Å². The molecule has 0 spiro atoms. The lowest BCUT2D eigenvalue weighted by Crippen LogP contribution is -2.29. The van der Waals surface area contributed by atoms with Crippen LogP contribution >= 0.6 is 0 Å². The monoisotopic (exact) mass is 476 g/mol. The summed E-state index contributed by atoms with van der Waals surface area (Å²) in [6, 6.07) is 22.3. The largest absolute Gasteiger partial charge is 0.378 e. The molecular formula is C26H28N4O3S. The van der Waals surface area contributed by atoms with Crippen LogP contribution in [0.15, 0.2) is 83.9 Å². The average Bonchev–Trinajstić information content (AvgIpc) is 3.23. The van der Waals surface area contributed by atoms with E-state index in [1.807, 2.05) is 73.7 Å². The lowest BCUT2D eigenvalue weighted by molar-refractivity contribution is -0.114. The summed E-state index contributed by atoms with van der Waals surface area (Å²) in [6.07, 6.45) is 1.95. The van der Waals surface area contributed by atoms with Gasteiger partial charge in [0.1, 0.15) is 0 Å². The van der Waals surface area contributed by atoms with Crippen molar-refractivity contribution < 1.29 is 13.2 Å². The zero-order valence-electron chi connectivity index (χ0n) is 19.4. The van der Waals surface area contributed by atoms with Gasteiger partial charge in [0, 0.05) is 62.0 Å². The van der Waals surface area contributed by atoms with Gasteiger partial charge in [-0.25, -0.2) is 13.1 Å². The highest BCUT2D eigenvalue weighted by Crippen LogP contribution is 2.32. The number of hydrogen-bond donors (Lipinski definition) is 3. The molecule has 4 aromatic rings. The van der Waals surface area contributed by atoms with E-state index in [2.05, 4.69) is 15.0 Å². The topological polar surface area (TPSA) is 94.3 Å². The molecule has 0 bridgehead atoms. The van der Waals surface area contributed by atoms with E-state index in [1.165, 1.54) is 19.1 Å². The molecule has 3 aromatic carbocycles. The summed E-state index contributed by atoms with van der Waals surface area (Å²) in [4.78, 5) is 16.7. The molecule has 0 aliphatic carbocycles. The van der Waals surface area contributed by atoms with Crippen LogP contribution in [0.5, 0.6) is 0 Å². The maximum absolute atomic E-state index is 13.1. The minimum Gasteiger partial charge on any atom is -0.378 e. The second-order valence-electron chi connectivity index (χ2n) is 8.39. The van der Waals surface area contributed by atoms with Gasteiger partial charge in [0.25, 0.3) is 0 Å². The molecule has 1 atom stereocenters. The number of fused-ring (bicyclic) bond motifs is 1. The van der Waals surface area contributed by atoms with Crippen LogP contribution in [0, 0.1) is 0 Å². The van der Waals surface area contributed by atoms with Crippen molar-refractivity contribution in [1.82, 2.24) is 9.71 Å². The highest BCUT2D eigenvalue weighted by Gasteiger charge is 2.22. The van der Waals surface area contributed by atoms with E-state index in [0.29, 0.717) is 5.69 Å². The first-order valence-electron chi connectivity index (χ1n) is 11.0. The van der Waals surface area contributed by atoms with Crippen LogP contribution in [0.4, 0.5) is 11.4 Å². The Bertz CT molecular complexity index is 1390. The number of nitrogens with one attached hydrogen (secondary N) is 3. The third-order valence-electron chi connectivity index (χ3n) is 5.77. The molecular weight excluding hydrogens is 448 g/mol. The van der Waals surface area contributed by atoms with E-state index < -0.39 is 10.0 Å². The first kappa shape index (κ1) is 23.5. The smallest absolute Gasteiger partial charge is 0.240 e. The summed E-state index contributed by atoms with van der Waals surface area (Å²) >= 11 is 0. The molecule has 1 amide bonds. The van der Waals surface area contributed by atoms with Gasteiger partial charge in [-0.05, 0) is 53.6 Å². The van der Waals surface area contributed by atoms with E-state index in [9.17, 15) is 13.2 Å². The number of aromatic amines is 1. The molecule has 0 saturated carbocycles. The molecule has 0 aliphatic heterocycles. The van der Waals surface area contributed by atoms with Crippen molar-refractivity contribution >= 4 is 38.2 Å². The molecule has 34 heavy (non-hydrogen) atoms. The van der Waals surface area contributed by atoms with Gasteiger partial charge in [-0.2, -0.15) is 0 Å². The highest BCUT2D eigenvalue weighted by atomic mass is 32.2. The number of benzene rings is 3. The van der Waals surface area contributed by atoms with E-state index in [1.54, 1.807) is 12.1 Å². The third-order valence-corrected chi connectivity index (χ3v) is 7.21. The van der Waals surface area contributed by atoms with E-state index in [-0.39, 0.29) is 23.3 Å². The zero-order chi connectivity index (χ0) is 24.3. The lowest BCUT2D eigenvalue weighted by atomic mass is 9.91. The SMILES string of the molecule is CC(=O)Nc1ccc(S(=O)(=O)NCC(c2ccc(N(C)C)cc2)c2c[nH]c3ccccc23)cc1. The van der Waals surface area contributed by atoms with Crippen molar-refractivity contribution in [3.8, 4) is 0 Å². The number of aromatic nitrogens is 1. The average molecular weight is 477 g/mol. The number of H-pyrrole nitrogens is 1. The second-order valence-corrected chi connectivity index (χ2v) is 10.2. The Morgan fingerprint density at radius 3 is 2.29 bits per heavy atom. The van der Waals surface area contributed by atoms with Crippen molar-refractivity contribution in [1.29, 1.82) is 0 Å². The fourth-order valence-corrected chi connectivity index (χ4v) is 5.04. The predicted octanol–water partition coefficient (Wildman–Crippen LogP) is 4.30. The Morgan fingerprint density at radius 1 is 0.971 bits per heavy atom. The van der Waals surface area contributed by atoms with Crippen LogP contribution in [-0.2, 0) is 14.8 Å². The minimum absolute atomic E-state index is 0.141. The Labute approximate surface area is 199 Å². The molecule has 0 saturated heterocycles. The fourth-order valence-electron chi connectivity index (χ4n) is 3.99. The van der Waals surface area contributed by atoms with Crippen LogP contribution in [0.3, 0.4) is 0 Å². The summed E-state index contributed by atoms with van der Waals surface area (Å²) in [6.45, 7) is 1.60. The van der Waals surface area contributed by atoms with Crippen LogP contribution in [0.2, 0.25) is 0 Å². The number of carbonyl (C=O) groups is 1. The number of sulfonamides is 1. The van der Waals surface area contributed by atoms with Crippen molar-refractivity contribution in [3.63, 3.8) is 0 Å². The van der Waals surface area contributed by atoms with E-state index in [0.717, 1.165) is 27.7 Å². The van der Waals surface area contributed by atoms with Gasteiger partial charge in [0.05, 0.1) is 4.90 Å². The quantitative estimate of drug-likeness (QED) is 0.353. The molecule has 1 aromatic heterocycles. The van der Waals surface area contributed by atoms with Crippen LogP contribution < -0.4 is 14.9 Å². The van der Waals surface area contributed by atoms with Crippen molar-refractivity contribution in [2.75, 3.05) is 30.9 Å². The molecule has 0 aliphatic rings. The highest BCUT2D eigenvalue weighted by molar-refractivity contribution is 7.89. The molecule has 1 heterocycles. The maximum Gasteiger partial charge on any atom is 0.240 e. The Morgan fingerprint density at radius 2 is 1.65 bits per heavy atom. The number of anilines is 2. The zero-order valence-corrected chi connectivity index (χ0v) is 20.2. The van der Waals surface area contributed by atoms with Gasteiger partial charge in [-0.1, -0.05) is 30.3 Å². The Kier molecular flexibility index (Phi) is 6.72.